The Balaban J connectivity index is 2.05. The van der Waals surface area contributed by atoms with E-state index in [9.17, 15) is 0 Å². The van der Waals surface area contributed by atoms with Crippen molar-refractivity contribution in [1.29, 1.82) is 0 Å². The van der Waals surface area contributed by atoms with E-state index in [-0.39, 0.29) is 0 Å². The molecule has 2 aromatic heterocycles. The van der Waals surface area contributed by atoms with E-state index >= 15 is 0 Å². The first-order valence-corrected chi connectivity index (χ1v) is 7.13. The number of anilines is 1. The van der Waals surface area contributed by atoms with Crippen molar-refractivity contribution < 1.29 is 0 Å². The molecule has 0 radical (unpaired) electrons. The summed E-state index contributed by atoms with van der Waals surface area (Å²) in [5.41, 5.74) is 1.05. The van der Waals surface area contributed by atoms with Gasteiger partial charge in [-0.05, 0) is 25.1 Å². The summed E-state index contributed by atoms with van der Waals surface area (Å²) in [6.07, 6.45) is 2.67. The van der Waals surface area contributed by atoms with Gasteiger partial charge in [-0.25, -0.2) is 15.0 Å². The van der Waals surface area contributed by atoms with Gasteiger partial charge in [0.1, 0.15) is 17.2 Å². The number of hydrogen-bond donors (Lipinski definition) is 1. The molecule has 0 aliphatic rings. The first-order chi connectivity index (χ1) is 8.28. The topological polar surface area (TPSA) is 50.7 Å². The number of hydrogen-bond acceptors (Lipinski definition) is 6. The standard InChI is InChI=1S/C11H14N4S2/c1-3-4-12-9-5-10(14-7-13-9)17-11-15-8(2)6-16-11/h5-7H,3-4H2,1-2H3,(H,12,13,14). The average Bonchev–Trinajstić information content (AvgIpc) is 2.73. The Labute approximate surface area is 109 Å². The highest BCUT2D eigenvalue weighted by Crippen LogP contribution is 2.29. The summed E-state index contributed by atoms with van der Waals surface area (Å²) in [6.45, 7) is 5.05. The molecule has 90 valence electrons. The summed E-state index contributed by atoms with van der Waals surface area (Å²) in [6, 6.07) is 1.96. The van der Waals surface area contributed by atoms with E-state index in [0.29, 0.717) is 0 Å². The van der Waals surface area contributed by atoms with E-state index < -0.39 is 0 Å². The lowest BCUT2D eigenvalue weighted by Gasteiger charge is -2.03. The predicted molar refractivity (Wildman–Crippen MR) is 71.8 cm³/mol. The summed E-state index contributed by atoms with van der Waals surface area (Å²) in [5, 5.41) is 6.21. The summed E-state index contributed by atoms with van der Waals surface area (Å²) in [4.78, 5) is 12.8. The molecule has 0 aliphatic carbocycles. The van der Waals surface area contributed by atoms with Gasteiger partial charge in [-0.3, -0.25) is 0 Å². The van der Waals surface area contributed by atoms with Crippen LogP contribution in [0.1, 0.15) is 19.0 Å². The fourth-order valence-corrected chi connectivity index (χ4v) is 2.97. The molecule has 0 spiro atoms. The van der Waals surface area contributed by atoms with Gasteiger partial charge in [0.25, 0.3) is 0 Å². The van der Waals surface area contributed by atoms with Gasteiger partial charge < -0.3 is 5.32 Å². The molecule has 0 saturated heterocycles. The number of nitrogens with zero attached hydrogens (tertiary/aromatic N) is 3. The molecular formula is C11H14N4S2. The first-order valence-electron chi connectivity index (χ1n) is 5.44. The van der Waals surface area contributed by atoms with Crippen LogP contribution >= 0.6 is 23.1 Å². The third-order valence-corrected chi connectivity index (χ3v) is 3.98. The number of aryl methyl sites for hydroxylation is 1. The van der Waals surface area contributed by atoms with Crippen molar-refractivity contribution >= 4 is 28.9 Å². The van der Waals surface area contributed by atoms with Crippen LogP contribution in [0.15, 0.2) is 27.1 Å². The maximum atomic E-state index is 4.40. The fourth-order valence-electron chi connectivity index (χ4n) is 1.21. The Hall–Kier alpha value is -1.14. The van der Waals surface area contributed by atoms with Crippen LogP contribution < -0.4 is 5.32 Å². The van der Waals surface area contributed by atoms with E-state index in [1.165, 1.54) is 0 Å². The third-order valence-electron chi connectivity index (χ3n) is 1.99. The van der Waals surface area contributed by atoms with Crippen molar-refractivity contribution in [1.82, 2.24) is 15.0 Å². The minimum absolute atomic E-state index is 0.873. The van der Waals surface area contributed by atoms with Crippen molar-refractivity contribution in [2.75, 3.05) is 11.9 Å². The van der Waals surface area contributed by atoms with Gasteiger partial charge in [0.05, 0.1) is 0 Å². The van der Waals surface area contributed by atoms with E-state index in [4.69, 9.17) is 0 Å². The highest BCUT2D eigenvalue weighted by Gasteiger charge is 2.04. The van der Waals surface area contributed by atoms with Crippen molar-refractivity contribution in [3.63, 3.8) is 0 Å². The summed E-state index contributed by atoms with van der Waals surface area (Å²) in [5.74, 6) is 0.873. The lowest BCUT2D eigenvalue weighted by molar-refractivity contribution is 0.952. The molecule has 6 heteroatoms. The molecule has 1 N–H and O–H groups in total. The van der Waals surface area contributed by atoms with Gasteiger partial charge in [0.15, 0.2) is 4.34 Å². The molecule has 0 saturated carbocycles. The lowest BCUT2D eigenvalue weighted by atomic mass is 10.4. The van der Waals surface area contributed by atoms with Gasteiger partial charge in [0.2, 0.25) is 0 Å². The molecule has 0 amide bonds. The number of nitrogens with one attached hydrogen (secondary N) is 1. The molecule has 0 aliphatic heterocycles. The lowest BCUT2D eigenvalue weighted by Crippen LogP contribution is -2.02. The predicted octanol–water partition coefficient (Wildman–Crippen LogP) is 3.21. The Morgan fingerprint density at radius 1 is 1.41 bits per heavy atom. The van der Waals surface area contributed by atoms with Crippen LogP contribution in [0.5, 0.6) is 0 Å². The zero-order valence-electron chi connectivity index (χ0n) is 9.80. The van der Waals surface area contributed by atoms with Gasteiger partial charge in [-0.15, -0.1) is 11.3 Å². The molecule has 4 nitrogen and oxygen atoms in total. The summed E-state index contributed by atoms with van der Waals surface area (Å²) in [7, 11) is 0. The smallest absolute Gasteiger partial charge is 0.156 e. The maximum Gasteiger partial charge on any atom is 0.156 e. The number of aromatic nitrogens is 3. The van der Waals surface area contributed by atoms with E-state index in [2.05, 4.69) is 27.2 Å². The quantitative estimate of drug-likeness (QED) is 0.842. The van der Waals surface area contributed by atoms with Crippen molar-refractivity contribution in [2.45, 2.75) is 29.6 Å². The Morgan fingerprint density at radius 3 is 3.00 bits per heavy atom. The van der Waals surface area contributed by atoms with Crippen LogP contribution in [0.2, 0.25) is 0 Å². The Bertz CT molecular complexity index is 484. The summed E-state index contributed by atoms with van der Waals surface area (Å²) < 4.78 is 1.02. The van der Waals surface area contributed by atoms with Gasteiger partial charge in [-0.2, -0.15) is 0 Å². The first kappa shape index (κ1) is 12.3. The molecule has 2 aromatic rings. The average molecular weight is 266 g/mol. The van der Waals surface area contributed by atoms with Crippen LogP contribution in [0.4, 0.5) is 5.82 Å². The fraction of sp³-hybridized carbons (Fsp3) is 0.364. The van der Waals surface area contributed by atoms with Crippen molar-refractivity contribution in [3.8, 4) is 0 Å². The van der Waals surface area contributed by atoms with Crippen molar-refractivity contribution in [2.24, 2.45) is 0 Å². The number of rotatable bonds is 5. The van der Waals surface area contributed by atoms with Gasteiger partial charge in [0, 0.05) is 23.7 Å². The largest absolute Gasteiger partial charge is 0.370 e. The summed E-state index contributed by atoms with van der Waals surface area (Å²) >= 11 is 3.21. The van der Waals surface area contributed by atoms with Crippen LogP contribution in [0.25, 0.3) is 0 Å². The Kier molecular flexibility index (Phi) is 4.33. The molecule has 2 rings (SSSR count). The minimum atomic E-state index is 0.873. The molecule has 0 bridgehead atoms. The van der Waals surface area contributed by atoms with Crippen molar-refractivity contribution in [3.05, 3.63) is 23.5 Å². The molecule has 0 atom stereocenters. The zero-order valence-corrected chi connectivity index (χ0v) is 11.4. The van der Waals surface area contributed by atoms with Crippen LogP contribution in [-0.4, -0.2) is 21.5 Å². The molecule has 0 unspecified atom stereocenters. The van der Waals surface area contributed by atoms with E-state index in [0.717, 1.165) is 33.8 Å². The van der Waals surface area contributed by atoms with E-state index in [1.54, 1.807) is 29.4 Å². The second-order valence-electron chi connectivity index (χ2n) is 3.53. The normalized spacial score (nSPS) is 10.5. The highest BCUT2D eigenvalue weighted by atomic mass is 32.2. The minimum Gasteiger partial charge on any atom is -0.370 e. The molecular weight excluding hydrogens is 252 g/mol. The highest BCUT2D eigenvalue weighted by molar-refractivity contribution is 8.01. The SMILES string of the molecule is CCCNc1cc(Sc2nc(C)cs2)ncn1. The zero-order chi connectivity index (χ0) is 12.1. The second-order valence-corrected chi connectivity index (χ2v) is 5.65. The maximum absolute atomic E-state index is 4.40. The second kappa shape index (κ2) is 5.97. The van der Waals surface area contributed by atoms with E-state index in [1.807, 2.05) is 18.4 Å². The van der Waals surface area contributed by atoms with Gasteiger partial charge in [-0.1, -0.05) is 6.92 Å². The third kappa shape index (κ3) is 3.67. The molecule has 17 heavy (non-hydrogen) atoms. The van der Waals surface area contributed by atoms with Crippen LogP contribution in [-0.2, 0) is 0 Å². The van der Waals surface area contributed by atoms with Crippen LogP contribution in [0.3, 0.4) is 0 Å². The number of thiazole rings is 1. The van der Waals surface area contributed by atoms with Crippen LogP contribution in [0, 0.1) is 6.92 Å². The molecule has 0 aromatic carbocycles. The molecule has 2 heterocycles. The molecule has 0 fully saturated rings. The Morgan fingerprint density at radius 2 is 2.29 bits per heavy atom. The van der Waals surface area contributed by atoms with Gasteiger partial charge >= 0.3 is 0 Å². The monoisotopic (exact) mass is 266 g/mol.